The maximum Gasteiger partial charge on any atom is 0.293 e. The largest absolute Gasteiger partial charge is 0.362 e. The first-order chi connectivity index (χ1) is 14.6. The zero-order chi connectivity index (χ0) is 22.8. The molecule has 170 valence electrons. The molecule has 0 spiro atoms. The molecule has 2 aliphatic rings. The Labute approximate surface area is 181 Å². The summed E-state index contributed by atoms with van der Waals surface area (Å²) < 4.78 is 25.3. The Morgan fingerprint density at radius 2 is 1.58 bits per heavy atom. The molecule has 0 atom stereocenters. The Morgan fingerprint density at radius 3 is 2.10 bits per heavy atom. The van der Waals surface area contributed by atoms with Crippen LogP contribution in [0.4, 0.5) is 11.4 Å². The SMILES string of the molecule is CCS(=O)(=O)N1CCN(C(=O)c2ccc(N3CCN(C(C)=O)CC3)c([N+](=O)[O-])c2)CC1. The molecule has 0 saturated carbocycles. The molecule has 0 N–H and O–H groups in total. The number of carbonyl (C=O) groups excluding carboxylic acids is 2. The van der Waals surface area contributed by atoms with Crippen molar-refractivity contribution in [3.63, 3.8) is 0 Å². The number of carbonyl (C=O) groups is 2. The molecule has 2 amide bonds. The molecule has 11 nitrogen and oxygen atoms in total. The van der Waals surface area contributed by atoms with Crippen LogP contribution in [-0.2, 0) is 14.8 Å². The van der Waals surface area contributed by atoms with Crippen LogP contribution in [0.2, 0.25) is 0 Å². The zero-order valence-electron chi connectivity index (χ0n) is 17.7. The van der Waals surface area contributed by atoms with Gasteiger partial charge in [0.2, 0.25) is 15.9 Å². The molecule has 2 heterocycles. The van der Waals surface area contributed by atoms with Crippen molar-refractivity contribution < 1.29 is 22.9 Å². The topological polar surface area (TPSA) is 124 Å². The summed E-state index contributed by atoms with van der Waals surface area (Å²) >= 11 is 0. The van der Waals surface area contributed by atoms with E-state index in [1.54, 1.807) is 24.0 Å². The maximum absolute atomic E-state index is 12.9. The molecule has 1 aromatic rings. The van der Waals surface area contributed by atoms with Crippen LogP contribution >= 0.6 is 0 Å². The predicted molar refractivity (Wildman–Crippen MR) is 115 cm³/mol. The van der Waals surface area contributed by atoms with Gasteiger partial charge in [-0.05, 0) is 19.1 Å². The second-order valence-electron chi connectivity index (χ2n) is 7.55. The summed E-state index contributed by atoms with van der Waals surface area (Å²) in [6, 6.07) is 4.42. The number of amides is 2. The maximum atomic E-state index is 12.9. The molecule has 0 aliphatic carbocycles. The van der Waals surface area contributed by atoms with E-state index in [0.717, 1.165) is 0 Å². The first-order valence-corrected chi connectivity index (χ1v) is 11.8. The Balaban J connectivity index is 1.73. The molecule has 3 rings (SSSR count). The number of anilines is 1. The van der Waals surface area contributed by atoms with Crippen LogP contribution in [0, 0.1) is 10.1 Å². The van der Waals surface area contributed by atoms with Crippen LogP contribution < -0.4 is 4.90 Å². The van der Waals surface area contributed by atoms with Crippen LogP contribution in [0.5, 0.6) is 0 Å². The summed E-state index contributed by atoms with van der Waals surface area (Å²) in [6.45, 7) is 5.88. The second kappa shape index (κ2) is 9.18. The van der Waals surface area contributed by atoms with Gasteiger partial charge in [0.1, 0.15) is 5.69 Å². The van der Waals surface area contributed by atoms with Crippen molar-refractivity contribution >= 4 is 33.2 Å². The molecule has 12 heteroatoms. The normalized spacial score (nSPS) is 18.2. The predicted octanol–water partition coefficient (Wildman–Crippen LogP) is 0.371. The minimum atomic E-state index is -3.30. The van der Waals surface area contributed by atoms with Gasteiger partial charge < -0.3 is 14.7 Å². The number of hydrogen-bond acceptors (Lipinski definition) is 7. The highest BCUT2D eigenvalue weighted by molar-refractivity contribution is 7.89. The minimum absolute atomic E-state index is 0.00921. The van der Waals surface area contributed by atoms with E-state index in [1.807, 2.05) is 4.90 Å². The number of nitrogens with zero attached hydrogens (tertiary/aromatic N) is 5. The van der Waals surface area contributed by atoms with Crippen LogP contribution in [0.3, 0.4) is 0 Å². The molecule has 0 unspecified atom stereocenters. The molecular weight excluding hydrogens is 426 g/mol. The quantitative estimate of drug-likeness (QED) is 0.466. The summed E-state index contributed by atoms with van der Waals surface area (Å²) in [5, 5.41) is 11.7. The van der Waals surface area contributed by atoms with Crippen LogP contribution in [0.25, 0.3) is 0 Å². The van der Waals surface area contributed by atoms with E-state index < -0.39 is 14.9 Å². The lowest BCUT2D eigenvalue weighted by atomic mass is 10.1. The summed E-state index contributed by atoms with van der Waals surface area (Å²) in [5.74, 6) is -0.374. The van der Waals surface area contributed by atoms with Gasteiger partial charge in [-0.3, -0.25) is 19.7 Å². The number of benzene rings is 1. The Morgan fingerprint density at radius 1 is 1.00 bits per heavy atom. The van der Waals surface area contributed by atoms with Crippen molar-refractivity contribution in [2.75, 3.05) is 63.0 Å². The molecule has 2 fully saturated rings. The van der Waals surface area contributed by atoms with E-state index in [-0.39, 0.29) is 55.0 Å². The van der Waals surface area contributed by atoms with Crippen molar-refractivity contribution in [2.24, 2.45) is 0 Å². The highest BCUT2D eigenvalue weighted by Gasteiger charge is 2.30. The number of nitro groups is 1. The molecule has 1 aromatic carbocycles. The van der Waals surface area contributed by atoms with Crippen molar-refractivity contribution in [1.29, 1.82) is 0 Å². The fraction of sp³-hybridized carbons (Fsp3) is 0.579. The highest BCUT2D eigenvalue weighted by atomic mass is 32.2. The Bertz CT molecular complexity index is 966. The van der Waals surface area contributed by atoms with E-state index in [2.05, 4.69) is 0 Å². The van der Waals surface area contributed by atoms with Gasteiger partial charge in [-0.15, -0.1) is 0 Å². The van der Waals surface area contributed by atoms with E-state index in [4.69, 9.17) is 0 Å². The average molecular weight is 454 g/mol. The average Bonchev–Trinajstić information content (AvgIpc) is 2.78. The molecular formula is C19H27N5O6S. The summed E-state index contributed by atoms with van der Waals surface area (Å²) in [4.78, 5) is 40.6. The van der Waals surface area contributed by atoms with Gasteiger partial charge in [-0.2, -0.15) is 4.31 Å². The van der Waals surface area contributed by atoms with Crippen molar-refractivity contribution in [2.45, 2.75) is 13.8 Å². The van der Waals surface area contributed by atoms with Gasteiger partial charge in [0.25, 0.3) is 11.6 Å². The summed E-state index contributed by atoms with van der Waals surface area (Å²) in [5.41, 5.74) is 0.461. The second-order valence-corrected chi connectivity index (χ2v) is 9.80. The Hall–Kier alpha value is -2.73. The standard InChI is InChI=1S/C19H27N5O6S/c1-3-31(29,30)23-12-10-22(11-13-23)19(26)16-4-5-17(18(14-16)24(27)28)21-8-6-20(7-9-21)15(2)25/h4-5,14H,3,6-13H2,1-2H3. The number of hydrogen-bond donors (Lipinski definition) is 0. The third kappa shape index (κ3) is 4.96. The lowest BCUT2D eigenvalue weighted by Gasteiger charge is -2.35. The minimum Gasteiger partial charge on any atom is -0.362 e. The number of piperazine rings is 2. The zero-order valence-corrected chi connectivity index (χ0v) is 18.5. The van der Waals surface area contributed by atoms with E-state index in [1.165, 1.54) is 22.2 Å². The third-order valence-electron chi connectivity index (χ3n) is 5.77. The number of nitro benzene ring substituents is 1. The van der Waals surface area contributed by atoms with Gasteiger partial charge in [-0.25, -0.2) is 8.42 Å². The summed E-state index contributed by atoms with van der Waals surface area (Å²) in [6.07, 6.45) is 0. The monoisotopic (exact) mass is 453 g/mol. The molecule has 2 aliphatic heterocycles. The lowest BCUT2D eigenvalue weighted by molar-refractivity contribution is -0.384. The first-order valence-electron chi connectivity index (χ1n) is 10.2. The van der Waals surface area contributed by atoms with E-state index >= 15 is 0 Å². The van der Waals surface area contributed by atoms with E-state index in [9.17, 15) is 28.1 Å². The smallest absolute Gasteiger partial charge is 0.293 e. The van der Waals surface area contributed by atoms with Crippen LogP contribution in [-0.4, -0.2) is 97.4 Å². The fourth-order valence-electron chi connectivity index (χ4n) is 3.87. The molecule has 31 heavy (non-hydrogen) atoms. The van der Waals surface area contributed by atoms with Gasteiger partial charge in [-0.1, -0.05) is 0 Å². The van der Waals surface area contributed by atoms with Gasteiger partial charge >= 0.3 is 0 Å². The highest BCUT2D eigenvalue weighted by Crippen LogP contribution is 2.30. The number of sulfonamides is 1. The molecule has 0 radical (unpaired) electrons. The van der Waals surface area contributed by atoms with Crippen LogP contribution in [0.1, 0.15) is 24.2 Å². The molecule has 2 saturated heterocycles. The number of rotatable bonds is 5. The molecule has 0 bridgehead atoms. The van der Waals surface area contributed by atoms with Crippen molar-refractivity contribution in [3.05, 3.63) is 33.9 Å². The van der Waals surface area contributed by atoms with Gasteiger partial charge in [0, 0.05) is 70.9 Å². The van der Waals surface area contributed by atoms with Crippen molar-refractivity contribution in [1.82, 2.24) is 14.1 Å². The van der Waals surface area contributed by atoms with E-state index in [0.29, 0.717) is 31.9 Å². The molecule has 0 aromatic heterocycles. The van der Waals surface area contributed by atoms with Gasteiger partial charge in [0.05, 0.1) is 10.7 Å². The fourth-order valence-corrected chi connectivity index (χ4v) is 4.95. The van der Waals surface area contributed by atoms with Crippen molar-refractivity contribution in [3.8, 4) is 0 Å². The van der Waals surface area contributed by atoms with Gasteiger partial charge in [0.15, 0.2) is 0 Å². The Kier molecular flexibility index (Phi) is 6.80. The van der Waals surface area contributed by atoms with Crippen LogP contribution in [0.15, 0.2) is 18.2 Å². The first kappa shape index (κ1) is 22.9. The lowest BCUT2D eigenvalue weighted by Crippen LogP contribution is -2.50. The third-order valence-corrected chi connectivity index (χ3v) is 7.65. The summed E-state index contributed by atoms with van der Waals surface area (Å²) in [7, 11) is -3.30.